The van der Waals surface area contributed by atoms with E-state index >= 15 is 0 Å². The molecule has 0 aliphatic heterocycles. The first kappa shape index (κ1) is 25.5. The van der Waals surface area contributed by atoms with Crippen molar-refractivity contribution in [2.45, 2.75) is 6.92 Å². The summed E-state index contributed by atoms with van der Waals surface area (Å²) in [6.07, 6.45) is 10.5. The first-order chi connectivity index (χ1) is 14.7. The van der Waals surface area contributed by atoms with E-state index in [0.717, 1.165) is 5.57 Å². The van der Waals surface area contributed by atoms with Gasteiger partial charge in [0.15, 0.2) is 0 Å². The first-order valence-corrected chi connectivity index (χ1v) is 9.78. The maximum Gasteiger partial charge on any atom is 0.0819 e. The van der Waals surface area contributed by atoms with Crippen molar-refractivity contribution >= 4 is 35.9 Å². The predicted molar refractivity (Wildman–Crippen MR) is 134 cm³/mol. The topological polar surface area (TPSA) is 144 Å². The van der Waals surface area contributed by atoms with Crippen LogP contribution in [0, 0.1) is 0 Å². The highest BCUT2D eigenvalue weighted by Gasteiger charge is 2.11. The first-order valence-electron chi connectivity index (χ1n) is 9.41. The molecule has 0 heterocycles. The molecular formula is C22H31ClN8. The van der Waals surface area contributed by atoms with Gasteiger partial charge in [-0.3, -0.25) is 10.0 Å². The lowest BCUT2D eigenvalue weighted by atomic mass is 10.0. The third-order valence-corrected chi connectivity index (χ3v) is 4.33. The van der Waals surface area contributed by atoms with Crippen molar-refractivity contribution < 1.29 is 0 Å². The molecule has 0 bridgehead atoms. The molecule has 0 fully saturated rings. The summed E-state index contributed by atoms with van der Waals surface area (Å²) in [6.45, 7) is 10.1. The van der Waals surface area contributed by atoms with Gasteiger partial charge in [0, 0.05) is 72.2 Å². The average Bonchev–Trinajstić information content (AvgIpc) is 2.74. The number of aliphatic imine (C=N–C) groups is 1. The van der Waals surface area contributed by atoms with Gasteiger partial charge in [-0.1, -0.05) is 30.3 Å². The standard InChI is InChI=1S/C22H31ClN8/c1-5-16(10-24)7-6-15(2)30-11-18(25)13-31(29-4)14-22(27)19-8-17(23)9-21(26)20(19)12-28-3/h5-9,11-12,14,30H,2,4,10,13,24-27H2,1,3H3/b7-6-,16-5+,18-11-,22-14-,28-12?. The highest BCUT2D eigenvalue weighted by molar-refractivity contribution is 6.31. The Labute approximate surface area is 189 Å². The second-order valence-electron chi connectivity index (χ2n) is 6.46. The van der Waals surface area contributed by atoms with Crippen LogP contribution in [0.25, 0.3) is 5.70 Å². The van der Waals surface area contributed by atoms with Gasteiger partial charge in [0.25, 0.3) is 0 Å². The van der Waals surface area contributed by atoms with Crippen molar-refractivity contribution in [3.05, 3.63) is 82.5 Å². The monoisotopic (exact) mass is 442 g/mol. The van der Waals surface area contributed by atoms with E-state index in [1.165, 1.54) is 5.01 Å². The molecular weight excluding hydrogens is 412 g/mol. The number of allylic oxidation sites excluding steroid dienone is 2. The Balaban J connectivity index is 2.96. The molecule has 0 aromatic heterocycles. The Morgan fingerprint density at radius 3 is 2.58 bits per heavy atom. The fourth-order valence-corrected chi connectivity index (χ4v) is 2.70. The molecule has 9 N–H and O–H groups in total. The van der Waals surface area contributed by atoms with Crippen molar-refractivity contribution in [1.82, 2.24) is 10.3 Å². The molecule has 0 saturated carbocycles. The fourth-order valence-electron chi connectivity index (χ4n) is 2.47. The largest absolute Gasteiger partial charge is 0.399 e. The molecule has 166 valence electrons. The number of nitrogens with zero attached hydrogens (tertiary/aromatic N) is 3. The summed E-state index contributed by atoms with van der Waals surface area (Å²) in [5.41, 5.74) is 28.3. The Bertz CT molecular complexity index is 941. The van der Waals surface area contributed by atoms with Crippen molar-refractivity contribution in [3.8, 4) is 0 Å². The molecule has 1 rings (SSSR count). The van der Waals surface area contributed by atoms with Gasteiger partial charge in [0.05, 0.1) is 12.2 Å². The number of hydrazone groups is 1. The van der Waals surface area contributed by atoms with Gasteiger partial charge >= 0.3 is 0 Å². The molecule has 9 heteroatoms. The normalized spacial score (nSPS) is 13.1. The molecule has 0 spiro atoms. The van der Waals surface area contributed by atoms with Crippen molar-refractivity contribution in [2.75, 3.05) is 25.9 Å². The van der Waals surface area contributed by atoms with E-state index in [4.69, 9.17) is 34.5 Å². The molecule has 8 nitrogen and oxygen atoms in total. The molecule has 1 aromatic carbocycles. The summed E-state index contributed by atoms with van der Waals surface area (Å²) in [4.78, 5) is 4.02. The highest BCUT2D eigenvalue weighted by Crippen LogP contribution is 2.25. The van der Waals surface area contributed by atoms with Crippen LogP contribution in [0.3, 0.4) is 0 Å². The molecule has 0 aliphatic rings. The minimum absolute atomic E-state index is 0.240. The van der Waals surface area contributed by atoms with E-state index in [1.54, 1.807) is 37.8 Å². The Hall–Kier alpha value is -3.49. The molecule has 0 unspecified atom stereocenters. The van der Waals surface area contributed by atoms with Crippen LogP contribution in [0.15, 0.2) is 76.4 Å². The van der Waals surface area contributed by atoms with Crippen LogP contribution >= 0.6 is 11.6 Å². The van der Waals surface area contributed by atoms with Gasteiger partial charge in [-0.2, -0.15) is 5.10 Å². The van der Waals surface area contributed by atoms with Crippen LogP contribution in [0.4, 0.5) is 5.69 Å². The summed E-state index contributed by atoms with van der Waals surface area (Å²) >= 11 is 6.14. The second-order valence-corrected chi connectivity index (χ2v) is 6.89. The minimum Gasteiger partial charge on any atom is -0.399 e. The third kappa shape index (κ3) is 8.41. The number of nitrogens with two attached hydrogens (primary N) is 4. The zero-order valence-electron chi connectivity index (χ0n) is 18.0. The Morgan fingerprint density at radius 2 is 2.00 bits per heavy atom. The van der Waals surface area contributed by atoms with E-state index in [2.05, 4.69) is 28.7 Å². The van der Waals surface area contributed by atoms with E-state index in [9.17, 15) is 0 Å². The highest BCUT2D eigenvalue weighted by atomic mass is 35.5. The average molecular weight is 443 g/mol. The van der Waals surface area contributed by atoms with Crippen molar-refractivity contribution in [3.63, 3.8) is 0 Å². The number of anilines is 1. The Kier molecular flexibility index (Phi) is 10.7. The number of nitrogens with one attached hydrogen (secondary N) is 1. The van der Waals surface area contributed by atoms with Gasteiger partial charge < -0.3 is 28.3 Å². The molecule has 1 aromatic rings. The van der Waals surface area contributed by atoms with Crippen molar-refractivity contribution in [2.24, 2.45) is 27.3 Å². The summed E-state index contributed by atoms with van der Waals surface area (Å²) in [6, 6.07) is 3.35. The maximum absolute atomic E-state index is 6.27. The number of hydrogen-bond acceptors (Lipinski definition) is 8. The number of rotatable bonds is 11. The molecule has 31 heavy (non-hydrogen) atoms. The van der Waals surface area contributed by atoms with Crippen LogP contribution in [-0.4, -0.2) is 38.1 Å². The summed E-state index contributed by atoms with van der Waals surface area (Å²) < 4.78 is 0. The maximum atomic E-state index is 6.27. The lowest BCUT2D eigenvalue weighted by molar-refractivity contribution is 0.435. The van der Waals surface area contributed by atoms with Crippen LogP contribution in [0.2, 0.25) is 5.02 Å². The van der Waals surface area contributed by atoms with E-state index < -0.39 is 0 Å². The number of hydrogen-bond donors (Lipinski definition) is 5. The smallest absolute Gasteiger partial charge is 0.0819 e. The molecule has 0 aliphatic carbocycles. The van der Waals surface area contributed by atoms with E-state index in [-0.39, 0.29) is 6.54 Å². The summed E-state index contributed by atoms with van der Waals surface area (Å²) in [5, 5.41) is 8.92. The van der Waals surface area contributed by atoms with Crippen LogP contribution in [0.5, 0.6) is 0 Å². The third-order valence-electron chi connectivity index (χ3n) is 4.11. The zero-order chi connectivity index (χ0) is 23.4. The molecule has 0 atom stereocenters. The predicted octanol–water partition coefficient (Wildman–Crippen LogP) is 2.51. The fraction of sp³-hybridized carbons (Fsp3) is 0.182. The SMILES string of the molecule is C=NN(/C=C(\N)c1cc(Cl)cc(N)c1C=NC)C/C(N)=C/NC(=C)/C=C\C(=C/C)CN. The van der Waals surface area contributed by atoms with Crippen LogP contribution in [-0.2, 0) is 0 Å². The number of halogens is 1. The number of nitrogen functional groups attached to an aromatic ring is 1. The lowest BCUT2D eigenvalue weighted by Crippen LogP contribution is -2.21. The second kappa shape index (κ2) is 12.9. The van der Waals surface area contributed by atoms with Gasteiger partial charge in [0.1, 0.15) is 0 Å². The van der Waals surface area contributed by atoms with Gasteiger partial charge in [-0.15, -0.1) is 0 Å². The zero-order valence-corrected chi connectivity index (χ0v) is 18.7. The lowest BCUT2D eigenvalue weighted by Gasteiger charge is -2.17. The summed E-state index contributed by atoms with van der Waals surface area (Å²) in [7, 11) is 1.65. The Morgan fingerprint density at radius 1 is 1.29 bits per heavy atom. The molecule has 0 amide bonds. The van der Waals surface area contributed by atoms with Crippen molar-refractivity contribution in [1.29, 1.82) is 0 Å². The van der Waals surface area contributed by atoms with Crippen LogP contribution < -0.4 is 28.3 Å². The van der Waals surface area contributed by atoms with Gasteiger partial charge in [-0.25, -0.2) is 0 Å². The van der Waals surface area contributed by atoms with Crippen LogP contribution in [0.1, 0.15) is 18.1 Å². The minimum atomic E-state index is 0.240. The molecule has 0 saturated heterocycles. The van der Waals surface area contributed by atoms with Gasteiger partial charge in [0.2, 0.25) is 0 Å². The number of benzene rings is 1. The van der Waals surface area contributed by atoms with E-state index in [0.29, 0.717) is 45.5 Å². The molecule has 0 radical (unpaired) electrons. The van der Waals surface area contributed by atoms with Gasteiger partial charge in [-0.05, 0) is 30.7 Å². The van der Waals surface area contributed by atoms with E-state index in [1.807, 2.05) is 25.2 Å². The quantitative estimate of drug-likeness (QED) is 0.154. The summed E-state index contributed by atoms with van der Waals surface area (Å²) in [5.74, 6) is 0.